The monoisotopic (exact) mass is 315 g/mol. The number of hydrogen-bond acceptors (Lipinski definition) is 4. The van der Waals surface area contributed by atoms with Crippen molar-refractivity contribution in [3.8, 4) is 5.75 Å². The first-order valence-corrected chi connectivity index (χ1v) is 8.20. The molecule has 1 atom stereocenters. The lowest BCUT2D eigenvalue weighted by molar-refractivity contribution is -0.143. The van der Waals surface area contributed by atoms with Crippen molar-refractivity contribution in [3.63, 3.8) is 0 Å². The van der Waals surface area contributed by atoms with Crippen molar-refractivity contribution in [3.05, 3.63) is 35.9 Å². The van der Waals surface area contributed by atoms with Crippen LogP contribution in [-0.2, 0) is 4.79 Å². The molecule has 5 heteroatoms. The van der Waals surface area contributed by atoms with Gasteiger partial charge in [-0.3, -0.25) is 14.6 Å². The van der Waals surface area contributed by atoms with Crippen LogP contribution < -0.4 is 4.74 Å². The number of rotatable bonds is 4. The summed E-state index contributed by atoms with van der Waals surface area (Å²) < 4.78 is 5.36. The van der Waals surface area contributed by atoms with Gasteiger partial charge < -0.3 is 9.64 Å². The maximum Gasteiger partial charge on any atom is 0.241 e. The predicted molar refractivity (Wildman–Crippen MR) is 91.5 cm³/mol. The van der Waals surface area contributed by atoms with Crippen LogP contribution in [0, 0.1) is 0 Å². The van der Waals surface area contributed by atoms with E-state index in [0.717, 1.165) is 50.6 Å². The molecule has 1 aromatic carbocycles. The number of ether oxygens (including phenoxy) is 1. The van der Waals surface area contributed by atoms with Crippen LogP contribution >= 0.6 is 0 Å². The van der Waals surface area contributed by atoms with E-state index in [1.807, 2.05) is 36.2 Å². The quantitative estimate of drug-likeness (QED) is 0.836. The highest BCUT2D eigenvalue weighted by atomic mass is 16.5. The van der Waals surface area contributed by atoms with Crippen LogP contribution in [0.5, 0.6) is 5.75 Å². The topological polar surface area (TPSA) is 36.0 Å². The summed E-state index contributed by atoms with van der Waals surface area (Å²) in [5.74, 6) is 1.15. The molecule has 0 aromatic heterocycles. The molecule has 0 N–H and O–H groups in total. The highest BCUT2D eigenvalue weighted by Crippen LogP contribution is 2.19. The van der Waals surface area contributed by atoms with Gasteiger partial charge in [-0.2, -0.15) is 0 Å². The number of carbonyl (C=O) groups excluding carboxylic acids is 1. The Morgan fingerprint density at radius 3 is 2.83 bits per heavy atom. The van der Waals surface area contributed by atoms with Gasteiger partial charge in [0.25, 0.3) is 0 Å². The molecule has 1 aromatic rings. The van der Waals surface area contributed by atoms with Crippen LogP contribution in [0.15, 0.2) is 30.3 Å². The first-order chi connectivity index (χ1) is 11.2. The van der Waals surface area contributed by atoms with E-state index in [1.54, 1.807) is 7.11 Å². The molecule has 2 aliphatic heterocycles. The molecule has 0 bridgehead atoms. The zero-order valence-electron chi connectivity index (χ0n) is 13.9. The van der Waals surface area contributed by atoms with Crippen molar-refractivity contribution in [1.82, 2.24) is 14.7 Å². The number of methoxy groups -OCH3 is 1. The Bertz CT molecular complexity index is 587. The van der Waals surface area contributed by atoms with E-state index in [1.165, 1.54) is 0 Å². The molecule has 0 radical (unpaired) electrons. The number of fused-ring (bicyclic) bond motifs is 1. The molecule has 2 saturated heterocycles. The van der Waals surface area contributed by atoms with E-state index in [4.69, 9.17) is 4.74 Å². The Kier molecular flexibility index (Phi) is 4.98. The van der Waals surface area contributed by atoms with Crippen LogP contribution in [0.25, 0.3) is 6.08 Å². The SMILES string of the molecule is COc1ccccc1/C=C/CN1CCN2CCN(C)C(=O)[C@H]2C1. The third-order valence-corrected chi connectivity index (χ3v) is 4.76. The average molecular weight is 315 g/mol. The summed E-state index contributed by atoms with van der Waals surface area (Å²) >= 11 is 0. The van der Waals surface area contributed by atoms with Gasteiger partial charge in [0.15, 0.2) is 0 Å². The highest BCUT2D eigenvalue weighted by molar-refractivity contribution is 5.82. The molecular formula is C18H25N3O2. The van der Waals surface area contributed by atoms with Gasteiger partial charge in [-0.15, -0.1) is 0 Å². The van der Waals surface area contributed by atoms with Crippen LogP contribution in [0.2, 0.25) is 0 Å². The van der Waals surface area contributed by atoms with Gasteiger partial charge in [0.1, 0.15) is 11.8 Å². The average Bonchev–Trinajstić information content (AvgIpc) is 2.59. The lowest BCUT2D eigenvalue weighted by atomic mass is 10.1. The van der Waals surface area contributed by atoms with E-state index in [2.05, 4.69) is 22.0 Å². The van der Waals surface area contributed by atoms with E-state index >= 15 is 0 Å². The summed E-state index contributed by atoms with van der Waals surface area (Å²) in [4.78, 5) is 18.8. The number of carbonyl (C=O) groups is 1. The van der Waals surface area contributed by atoms with Crippen molar-refractivity contribution in [2.75, 3.05) is 53.4 Å². The summed E-state index contributed by atoms with van der Waals surface area (Å²) in [7, 11) is 3.59. The fourth-order valence-electron chi connectivity index (χ4n) is 3.32. The molecule has 5 nitrogen and oxygen atoms in total. The molecule has 2 heterocycles. The molecule has 0 spiro atoms. The standard InChI is InChI=1S/C18H25N3O2/c1-19-10-12-21-13-11-20(14-16(21)18(19)22)9-5-7-15-6-3-4-8-17(15)23-2/h3-8,16H,9-14H2,1-2H3/b7-5+/t16-/m1/s1. The number of piperazine rings is 2. The highest BCUT2D eigenvalue weighted by Gasteiger charge is 2.36. The van der Waals surface area contributed by atoms with Crippen molar-refractivity contribution >= 4 is 12.0 Å². The van der Waals surface area contributed by atoms with Gasteiger partial charge in [-0.25, -0.2) is 0 Å². The fraction of sp³-hybridized carbons (Fsp3) is 0.500. The number of benzene rings is 1. The van der Waals surface area contributed by atoms with Gasteiger partial charge in [-0.05, 0) is 6.07 Å². The Balaban J connectivity index is 1.59. The Morgan fingerprint density at radius 1 is 1.22 bits per heavy atom. The zero-order chi connectivity index (χ0) is 16.2. The van der Waals surface area contributed by atoms with Gasteiger partial charge in [0.2, 0.25) is 5.91 Å². The smallest absolute Gasteiger partial charge is 0.241 e. The maximum atomic E-state index is 12.3. The molecule has 2 aliphatic rings. The van der Waals surface area contributed by atoms with Crippen molar-refractivity contribution in [1.29, 1.82) is 0 Å². The first kappa shape index (κ1) is 16.0. The van der Waals surface area contributed by atoms with E-state index in [0.29, 0.717) is 0 Å². The third kappa shape index (κ3) is 3.57. The van der Waals surface area contributed by atoms with Gasteiger partial charge in [-0.1, -0.05) is 30.4 Å². The summed E-state index contributed by atoms with van der Waals surface area (Å²) in [5, 5.41) is 0. The summed E-state index contributed by atoms with van der Waals surface area (Å²) in [6, 6.07) is 8.03. The van der Waals surface area contributed by atoms with Gasteiger partial charge >= 0.3 is 0 Å². The lowest BCUT2D eigenvalue weighted by Crippen LogP contribution is -2.63. The van der Waals surface area contributed by atoms with Crippen LogP contribution in [0.1, 0.15) is 5.56 Å². The summed E-state index contributed by atoms with van der Waals surface area (Å²) in [6.07, 6.45) is 4.25. The normalized spacial score (nSPS) is 23.3. The molecule has 3 rings (SSSR count). The van der Waals surface area contributed by atoms with Crippen LogP contribution in [0.3, 0.4) is 0 Å². The largest absolute Gasteiger partial charge is 0.496 e. The molecule has 23 heavy (non-hydrogen) atoms. The van der Waals surface area contributed by atoms with Crippen LogP contribution in [-0.4, -0.2) is 80.1 Å². The second-order valence-electron chi connectivity index (χ2n) is 6.22. The van der Waals surface area contributed by atoms with Gasteiger partial charge in [0.05, 0.1) is 7.11 Å². The minimum atomic E-state index is 0.0298. The molecular weight excluding hydrogens is 290 g/mol. The number of amides is 1. The van der Waals surface area contributed by atoms with Crippen molar-refractivity contribution in [2.24, 2.45) is 0 Å². The molecule has 1 amide bonds. The molecule has 2 fully saturated rings. The first-order valence-electron chi connectivity index (χ1n) is 8.20. The second kappa shape index (κ2) is 7.15. The number of para-hydroxylation sites is 1. The Morgan fingerprint density at radius 2 is 2.00 bits per heavy atom. The maximum absolute atomic E-state index is 12.3. The minimum absolute atomic E-state index is 0.0298. The van der Waals surface area contributed by atoms with E-state index < -0.39 is 0 Å². The van der Waals surface area contributed by atoms with Crippen molar-refractivity contribution < 1.29 is 9.53 Å². The van der Waals surface area contributed by atoms with Gasteiger partial charge in [0, 0.05) is 51.9 Å². The molecule has 124 valence electrons. The number of nitrogens with zero attached hydrogens (tertiary/aromatic N) is 3. The predicted octanol–water partition coefficient (Wildman–Crippen LogP) is 1.17. The lowest BCUT2D eigenvalue weighted by Gasteiger charge is -2.45. The van der Waals surface area contributed by atoms with E-state index in [9.17, 15) is 4.79 Å². The third-order valence-electron chi connectivity index (χ3n) is 4.76. The molecule has 0 aliphatic carbocycles. The second-order valence-corrected chi connectivity index (χ2v) is 6.22. The summed E-state index contributed by atoms with van der Waals surface area (Å²) in [6.45, 7) is 5.52. The minimum Gasteiger partial charge on any atom is -0.496 e. The van der Waals surface area contributed by atoms with Crippen LogP contribution in [0.4, 0.5) is 0 Å². The fourth-order valence-corrected chi connectivity index (χ4v) is 3.32. The molecule has 0 saturated carbocycles. The van der Waals surface area contributed by atoms with Crippen molar-refractivity contribution in [2.45, 2.75) is 6.04 Å². The zero-order valence-corrected chi connectivity index (χ0v) is 13.9. The van der Waals surface area contributed by atoms with E-state index in [-0.39, 0.29) is 11.9 Å². The number of likely N-dealkylation sites (N-methyl/N-ethyl adjacent to an activating group) is 1. The Labute approximate surface area is 138 Å². The summed E-state index contributed by atoms with van der Waals surface area (Å²) in [5.41, 5.74) is 1.09. The molecule has 0 unspecified atom stereocenters. The Hall–Kier alpha value is -1.85. The number of hydrogen-bond donors (Lipinski definition) is 0.